The summed E-state index contributed by atoms with van der Waals surface area (Å²) in [6, 6.07) is 0. The van der Waals surface area contributed by atoms with Crippen molar-refractivity contribution < 1.29 is 23.8 Å². The van der Waals surface area contributed by atoms with Gasteiger partial charge in [-0.15, -0.1) is 0 Å². The van der Waals surface area contributed by atoms with E-state index >= 15 is 0 Å². The number of hydrogen-bond acceptors (Lipinski definition) is 5. The van der Waals surface area contributed by atoms with E-state index in [-0.39, 0.29) is 12.6 Å². The minimum absolute atomic E-state index is 0.110. The van der Waals surface area contributed by atoms with Crippen LogP contribution in [0.5, 0.6) is 0 Å². The maximum Gasteiger partial charge on any atom is 0.508 e. The van der Waals surface area contributed by atoms with Crippen molar-refractivity contribution in [3.05, 3.63) is 0 Å². The van der Waals surface area contributed by atoms with Crippen molar-refractivity contribution in [1.82, 2.24) is 0 Å². The number of hydrogen-bond donors (Lipinski definition) is 0. The molecule has 5 heteroatoms. The fourth-order valence-corrected chi connectivity index (χ4v) is 2.68. The summed E-state index contributed by atoms with van der Waals surface area (Å²) in [4.78, 5) is 23.6. The second kappa shape index (κ2) is 12.3. The normalized spacial score (nSPS) is 13.3. The van der Waals surface area contributed by atoms with Crippen molar-refractivity contribution in [2.45, 2.75) is 72.6 Å². The van der Waals surface area contributed by atoms with E-state index in [1.54, 1.807) is 6.92 Å². The number of unbranched alkanes of at least 4 members (excludes halogenated alkanes) is 1. The fraction of sp³-hybridized carbons (Fsp3) is 0.882. The Kier molecular flexibility index (Phi) is 11.6. The smallest absolute Gasteiger partial charge is 0.466 e. The van der Waals surface area contributed by atoms with Gasteiger partial charge in [-0.2, -0.15) is 0 Å². The van der Waals surface area contributed by atoms with Gasteiger partial charge in [0.1, 0.15) is 0 Å². The largest absolute Gasteiger partial charge is 0.508 e. The molecule has 22 heavy (non-hydrogen) atoms. The third-order valence-electron chi connectivity index (χ3n) is 3.73. The summed E-state index contributed by atoms with van der Waals surface area (Å²) in [6.07, 6.45) is 5.29. The Morgan fingerprint density at radius 1 is 0.773 bits per heavy atom. The number of carbonyl (C=O) groups excluding carboxylic acids is 2. The van der Waals surface area contributed by atoms with Crippen LogP contribution in [-0.2, 0) is 19.0 Å². The maximum absolute atomic E-state index is 12.4. The van der Waals surface area contributed by atoms with Crippen LogP contribution in [0.25, 0.3) is 0 Å². The van der Waals surface area contributed by atoms with Crippen LogP contribution >= 0.6 is 0 Å². The first kappa shape index (κ1) is 20.7. The molecule has 0 heterocycles. The summed E-state index contributed by atoms with van der Waals surface area (Å²) in [6.45, 7) is 8.74. The lowest BCUT2D eigenvalue weighted by Gasteiger charge is -2.31. The van der Waals surface area contributed by atoms with Crippen molar-refractivity contribution >= 4 is 12.1 Å². The lowest BCUT2D eigenvalue weighted by molar-refractivity contribution is -0.157. The SMILES string of the molecule is CCCCC(CCC)(CCCOC(=O)OCC)C(=O)OCC. The molecule has 5 nitrogen and oxygen atoms in total. The van der Waals surface area contributed by atoms with Gasteiger partial charge in [0.2, 0.25) is 0 Å². The van der Waals surface area contributed by atoms with Gasteiger partial charge in [-0.1, -0.05) is 33.1 Å². The number of carbonyl (C=O) groups is 2. The molecule has 0 bridgehead atoms. The second-order valence-electron chi connectivity index (χ2n) is 5.49. The van der Waals surface area contributed by atoms with E-state index in [9.17, 15) is 9.59 Å². The molecule has 0 amide bonds. The molecule has 0 aromatic heterocycles. The van der Waals surface area contributed by atoms with E-state index in [0.717, 1.165) is 32.1 Å². The molecular formula is C17H32O5. The van der Waals surface area contributed by atoms with Gasteiger partial charge in [0, 0.05) is 0 Å². The average Bonchev–Trinajstić information content (AvgIpc) is 2.49. The molecule has 0 aromatic rings. The van der Waals surface area contributed by atoms with Gasteiger partial charge in [-0.3, -0.25) is 4.79 Å². The third-order valence-corrected chi connectivity index (χ3v) is 3.73. The van der Waals surface area contributed by atoms with Crippen LogP contribution < -0.4 is 0 Å². The van der Waals surface area contributed by atoms with Crippen molar-refractivity contribution in [2.24, 2.45) is 5.41 Å². The Morgan fingerprint density at radius 3 is 1.95 bits per heavy atom. The van der Waals surface area contributed by atoms with E-state index in [4.69, 9.17) is 14.2 Å². The molecule has 0 aliphatic heterocycles. The van der Waals surface area contributed by atoms with Crippen molar-refractivity contribution in [2.75, 3.05) is 19.8 Å². The molecule has 0 aliphatic rings. The van der Waals surface area contributed by atoms with E-state index in [1.165, 1.54) is 0 Å². The highest BCUT2D eigenvalue weighted by molar-refractivity contribution is 5.76. The van der Waals surface area contributed by atoms with E-state index in [1.807, 2.05) is 6.92 Å². The third kappa shape index (κ3) is 7.66. The van der Waals surface area contributed by atoms with Gasteiger partial charge in [0.25, 0.3) is 0 Å². The zero-order chi connectivity index (χ0) is 16.8. The molecule has 0 aromatic carbocycles. The number of esters is 1. The van der Waals surface area contributed by atoms with Crippen molar-refractivity contribution in [3.8, 4) is 0 Å². The summed E-state index contributed by atoms with van der Waals surface area (Å²) in [5.74, 6) is -0.110. The zero-order valence-corrected chi connectivity index (χ0v) is 14.6. The Labute approximate surface area is 134 Å². The highest BCUT2D eigenvalue weighted by atomic mass is 16.7. The molecule has 0 radical (unpaired) electrons. The Bertz CT molecular complexity index is 316. The van der Waals surface area contributed by atoms with Crippen LogP contribution in [-0.4, -0.2) is 31.9 Å². The molecule has 0 spiro atoms. The number of rotatable bonds is 12. The summed E-state index contributed by atoms with van der Waals surface area (Å²) in [7, 11) is 0. The first-order valence-electron chi connectivity index (χ1n) is 8.53. The van der Waals surface area contributed by atoms with Crippen LogP contribution in [0.4, 0.5) is 4.79 Å². The summed E-state index contributed by atoms with van der Waals surface area (Å²) >= 11 is 0. The van der Waals surface area contributed by atoms with Gasteiger partial charge in [-0.05, 0) is 39.5 Å². The topological polar surface area (TPSA) is 61.8 Å². The highest BCUT2D eigenvalue weighted by Crippen LogP contribution is 2.37. The average molecular weight is 316 g/mol. The quantitative estimate of drug-likeness (QED) is 0.392. The molecular weight excluding hydrogens is 284 g/mol. The Morgan fingerprint density at radius 2 is 1.41 bits per heavy atom. The molecule has 0 fully saturated rings. The molecule has 1 unspecified atom stereocenters. The minimum atomic E-state index is -0.645. The first-order valence-corrected chi connectivity index (χ1v) is 8.53. The zero-order valence-electron chi connectivity index (χ0n) is 14.6. The van der Waals surface area contributed by atoms with Crippen LogP contribution in [0, 0.1) is 5.41 Å². The van der Waals surface area contributed by atoms with Crippen LogP contribution in [0.1, 0.15) is 72.6 Å². The fourth-order valence-electron chi connectivity index (χ4n) is 2.68. The number of ether oxygens (including phenoxy) is 3. The summed E-state index contributed by atoms with van der Waals surface area (Å²) in [5, 5.41) is 0. The van der Waals surface area contributed by atoms with Gasteiger partial charge in [0.15, 0.2) is 0 Å². The van der Waals surface area contributed by atoms with Gasteiger partial charge < -0.3 is 14.2 Å². The minimum Gasteiger partial charge on any atom is -0.466 e. The molecule has 0 saturated heterocycles. The lowest BCUT2D eigenvalue weighted by atomic mass is 9.75. The van der Waals surface area contributed by atoms with Crippen LogP contribution in [0.3, 0.4) is 0 Å². The molecule has 1 atom stereocenters. The summed E-state index contributed by atoms with van der Waals surface area (Å²) < 4.78 is 15.0. The molecule has 0 aliphatic carbocycles. The van der Waals surface area contributed by atoms with Gasteiger partial charge >= 0.3 is 12.1 Å². The Hall–Kier alpha value is -1.26. The summed E-state index contributed by atoms with van der Waals surface area (Å²) in [5.41, 5.74) is -0.446. The Balaban J connectivity index is 4.60. The van der Waals surface area contributed by atoms with E-state index in [0.29, 0.717) is 26.1 Å². The predicted molar refractivity (Wildman–Crippen MR) is 85.7 cm³/mol. The van der Waals surface area contributed by atoms with Crippen molar-refractivity contribution in [1.29, 1.82) is 0 Å². The molecule has 0 N–H and O–H groups in total. The predicted octanol–water partition coefficient (Wildman–Crippen LogP) is 4.48. The highest BCUT2D eigenvalue weighted by Gasteiger charge is 2.37. The molecule has 0 saturated carbocycles. The van der Waals surface area contributed by atoms with Crippen molar-refractivity contribution in [3.63, 3.8) is 0 Å². The van der Waals surface area contributed by atoms with Gasteiger partial charge in [0.05, 0.1) is 25.2 Å². The van der Waals surface area contributed by atoms with E-state index in [2.05, 4.69) is 13.8 Å². The van der Waals surface area contributed by atoms with E-state index < -0.39 is 11.6 Å². The monoisotopic (exact) mass is 316 g/mol. The van der Waals surface area contributed by atoms with Crippen LogP contribution in [0.15, 0.2) is 0 Å². The first-order chi connectivity index (χ1) is 10.6. The standard InChI is InChI=1S/C17H32O5/c1-5-9-12-17(11-6-2,15(18)20-7-3)13-10-14-22-16(19)21-8-4/h5-14H2,1-4H3. The van der Waals surface area contributed by atoms with Gasteiger partial charge in [-0.25, -0.2) is 4.79 Å². The maximum atomic E-state index is 12.4. The van der Waals surface area contributed by atoms with Crippen LogP contribution in [0.2, 0.25) is 0 Å². The lowest BCUT2D eigenvalue weighted by Crippen LogP contribution is -2.33. The second-order valence-corrected chi connectivity index (χ2v) is 5.49. The molecule has 130 valence electrons. The molecule has 0 rings (SSSR count).